The van der Waals surface area contributed by atoms with Crippen LogP contribution >= 0.6 is 0 Å². The van der Waals surface area contributed by atoms with Crippen LogP contribution in [-0.2, 0) is 14.3 Å². The number of unbranched alkanes of at least 4 members (excludes halogenated alkanes) is 2. The SMILES string of the molecule is CCCCCS(=O)(=O)OC1CCCCC1. The lowest BCUT2D eigenvalue weighted by Crippen LogP contribution is -2.22. The lowest BCUT2D eigenvalue weighted by atomic mass is 9.98. The highest BCUT2D eigenvalue weighted by Crippen LogP contribution is 2.22. The molecule has 0 aromatic carbocycles. The van der Waals surface area contributed by atoms with Gasteiger partial charge in [-0.25, -0.2) is 0 Å². The van der Waals surface area contributed by atoms with Crippen LogP contribution in [0.1, 0.15) is 58.3 Å². The molecule has 0 heterocycles. The number of rotatable bonds is 6. The Balaban J connectivity index is 2.27. The molecule has 0 aromatic rings. The van der Waals surface area contributed by atoms with Gasteiger partial charge in [0.2, 0.25) is 0 Å². The molecule has 0 bridgehead atoms. The first-order valence-corrected chi connectivity index (χ1v) is 7.63. The molecule has 15 heavy (non-hydrogen) atoms. The van der Waals surface area contributed by atoms with Gasteiger partial charge in [-0.3, -0.25) is 4.18 Å². The molecular weight excluding hydrogens is 212 g/mol. The van der Waals surface area contributed by atoms with Crippen molar-refractivity contribution in [2.24, 2.45) is 0 Å². The van der Waals surface area contributed by atoms with Crippen molar-refractivity contribution < 1.29 is 12.6 Å². The molecule has 4 heteroatoms. The molecule has 3 nitrogen and oxygen atoms in total. The van der Waals surface area contributed by atoms with Crippen molar-refractivity contribution in [2.45, 2.75) is 64.4 Å². The minimum absolute atomic E-state index is 0.0367. The minimum atomic E-state index is -3.25. The maximum Gasteiger partial charge on any atom is 0.267 e. The van der Waals surface area contributed by atoms with E-state index < -0.39 is 10.1 Å². The van der Waals surface area contributed by atoms with Crippen LogP contribution in [-0.4, -0.2) is 20.3 Å². The average molecular weight is 234 g/mol. The molecule has 1 rings (SSSR count). The van der Waals surface area contributed by atoms with Gasteiger partial charge in [0.1, 0.15) is 0 Å². The first-order chi connectivity index (χ1) is 7.14. The van der Waals surface area contributed by atoms with E-state index in [0.29, 0.717) is 0 Å². The number of hydrogen-bond acceptors (Lipinski definition) is 3. The van der Waals surface area contributed by atoms with Gasteiger partial charge in [-0.15, -0.1) is 0 Å². The third kappa shape index (κ3) is 5.52. The lowest BCUT2D eigenvalue weighted by Gasteiger charge is -2.21. The molecule has 90 valence electrons. The zero-order valence-electron chi connectivity index (χ0n) is 9.57. The summed E-state index contributed by atoms with van der Waals surface area (Å²) in [4.78, 5) is 0. The first kappa shape index (κ1) is 13.0. The molecule has 0 saturated heterocycles. The topological polar surface area (TPSA) is 43.4 Å². The molecule has 0 atom stereocenters. The van der Waals surface area contributed by atoms with E-state index in [1.165, 1.54) is 6.42 Å². The Bertz CT molecular complexity index is 253. The fourth-order valence-electron chi connectivity index (χ4n) is 1.95. The van der Waals surface area contributed by atoms with Gasteiger partial charge in [-0.05, 0) is 19.3 Å². The van der Waals surface area contributed by atoms with Crippen molar-refractivity contribution in [3.05, 3.63) is 0 Å². The highest BCUT2D eigenvalue weighted by atomic mass is 32.2. The summed E-state index contributed by atoms with van der Waals surface area (Å²) in [5.41, 5.74) is 0. The van der Waals surface area contributed by atoms with Crippen LogP contribution in [0.3, 0.4) is 0 Å². The van der Waals surface area contributed by atoms with Gasteiger partial charge < -0.3 is 0 Å². The van der Waals surface area contributed by atoms with Gasteiger partial charge in [0.05, 0.1) is 11.9 Å². The molecule has 0 aromatic heterocycles. The molecule has 0 spiro atoms. The Morgan fingerprint density at radius 3 is 2.40 bits per heavy atom. The van der Waals surface area contributed by atoms with E-state index in [0.717, 1.165) is 44.9 Å². The maximum atomic E-state index is 11.6. The van der Waals surface area contributed by atoms with E-state index in [-0.39, 0.29) is 11.9 Å². The van der Waals surface area contributed by atoms with E-state index in [1.807, 2.05) is 0 Å². The van der Waals surface area contributed by atoms with Gasteiger partial charge in [0.25, 0.3) is 10.1 Å². The summed E-state index contributed by atoms with van der Waals surface area (Å²) in [5, 5.41) is 0. The summed E-state index contributed by atoms with van der Waals surface area (Å²) >= 11 is 0. The second kappa shape index (κ2) is 6.48. The van der Waals surface area contributed by atoms with Crippen molar-refractivity contribution in [1.82, 2.24) is 0 Å². The second-order valence-corrected chi connectivity index (χ2v) is 6.04. The first-order valence-electron chi connectivity index (χ1n) is 6.05. The molecule has 0 unspecified atom stereocenters. The van der Waals surface area contributed by atoms with Crippen molar-refractivity contribution in [2.75, 3.05) is 5.75 Å². The van der Waals surface area contributed by atoms with Gasteiger partial charge in [-0.1, -0.05) is 39.0 Å². The van der Waals surface area contributed by atoms with E-state index in [4.69, 9.17) is 4.18 Å². The van der Waals surface area contributed by atoms with Crippen LogP contribution in [0.15, 0.2) is 0 Å². The fourth-order valence-corrected chi connectivity index (χ4v) is 3.21. The smallest absolute Gasteiger partial charge is 0.267 e. The van der Waals surface area contributed by atoms with Crippen LogP contribution in [0.25, 0.3) is 0 Å². The van der Waals surface area contributed by atoms with E-state index in [1.54, 1.807) is 0 Å². The van der Waals surface area contributed by atoms with Crippen molar-refractivity contribution >= 4 is 10.1 Å². The standard InChI is InChI=1S/C11H22O3S/c1-2-3-7-10-15(12,13)14-11-8-5-4-6-9-11/h11H,2-10H2,1H3. The Labute approximate surface area is 93.3 Å². The average Bonchev–Trinajstić information content (AvgIpc) is 2.18. The molecule has 0 N–H and O–H groups in total. The highest BCUT2D eigenvalue weighted by molar-refractivity contribution is 7.86. The van der Waals surface area contributed by atoms with E-state index >= 15 is 0 Å². The summed E-state index contributed by atoms with van der Waals surface area (Å²) in [6.45, 7) is 2.06. The largest absolute Gasteiger partial charge is 0.267 e. The van der Waals surface area contributed by atoms with Crippen LogP contribution < -0.4 is 0 Å². The number of hydrogen-bond donors (Lipinski definition) is 0. The summed E-state index contributed by atoms with van der Waals surface area (Å²) in [7, 11) is -3.25. The quantitative estimate of drug-likeness (QED) is 0.524. The zero-order chi connectivity index (χ0) is 11.1. The van der Waals surface area contributed by atoms with Gasteiger partial charge >= 0.3 is 0 Å². The lowest BCUT2D eigenvalue weighted by molar-refractivity contribution is 0.162. The maximum absolute atomic E-state index is 11.6. The van der Waals surface area contributed by atoms with Crippen molar-refractivity contribution in [1.29, 1.82) is 0 Å². The predicted molar refractivity (Wildman–Crippen MR) is 61.3 cm³/mol. The van der Waals surface area contributed by atoms with Gasteiger partial charge in [-0.2, -0.15) is 8.42 Å². The van der Waals surface area contributed by atoms with Gasteiger partial charge in [0, 0.05) is 0 Å². The molecule has 1 saturated carbocycles. The third-order valence-corrected chi connectivity index (χ3v) is 4.19. The van der Waals surface area contributed by atoms with Crippen molar-refractivity contribution in [3.8, 4) is 0 Å². The Kier molecular flexibility index (Phi) is 5.61. The van der Waals surface area contributed by atoms with Crippen LogP contribution in [0.4, 0.5) is 0 Å². The van der Waals surface area contributed by atoms with E-state index in [2.05, 4.69) is 6.92 Å². The minimum Gasteiger partial charge on any atom is -0.267 e. The molecule has 1 aliphatic carbocycles. The summed E-state index contributed by atoms with van der Waals surface area (Å²) in [6.07, 6.45) is 7.95. The normalized spacial score (nSPS) is 19.3. The monoisotopic (exact) mass is 234 g/mol. The Morgan fingerprint density at radius 2 is 1.80 bits per heavy atom. The molecule has 1 fully saturated rings. The Morgan fingerprint density at radius 1 is 1.13 bits per heavy atom. The molecule has 1 aliphatic rings. The third-order valence-electron chi connectivity index (χ3n) is 2.83. The van der Waals surface area contributed by atoms with Gasteiger partial charge in [0.15, 0.2) is 0 Å². The van der Waals surface area contributed by atoms with Crippen LogP contribution in [0, 0.1) is 0 Å². The van der Waals surface area contributed by atoms with Crippen molar-refractivity contribution in [3.63, 3.8) is 0 Å². The summed E-state index contributed by atoms with van der Waals surface area (Å²) < 4.78 is 28.3. The molecule has 0 aliphatic heterocycles. The molecule has 0 amide bonds. The summed E-state index contributed by atoms with van der Waals surface area (Å²) in [6, 6.07) is 0. The zero-order valence-corrected chi connectivity index (χ0v) is 10.4. The van der Waals surface area contributed by atoms with E-state index in [9.17, 15) is 8.42 Å². The molecule has 0 radical (unpaired) electrons. The summed E-state index contributed by atoms with van der Waals surface area (Å²) in [5.74, 6) is 0.192. The van der Waals surface area contributed by atoms with Crippen LogP contribution in [0.2, 0.25) is 0 Å². The highest BCUT2D eigenvalue weighted by Gasteiger charge is 2.21. The Hall–Kier alpha value is -0.0900. The predicted octanol–water partition coefficient (Wildman–Crippen LogP) is 2.86. The van der Waals surface area contributed by atoms with Crippen LogP contribution in [0.5, 0.6) is 0 Å². The fraction of sp³-hybridized carbons (Fsp3) is 1.00. The molecular formula is C11H22O3S. The second-order valence-electron chi connectivity index (χ2n) is 4.33.